The molecule has 1 amide bonds. The number of hydrogen-bond acceptors (Lipinski definition) is 5. The summed E-state index contributed by atoms with van der Waals surface area (Å²) >= 11 is 0. The lowest BCUT2D eigenvalue weighted by Crippen LogP contribution is -2.13. The number of H-pyrrole nitrogens is 1. The molecule has 0 bridgehead atoms. The highest BCUT2D eigenvalue weighted by atomic mass is 32.2. The Labute approximate surface area is 122 Å². The summed E-state index contributed by atoms with van der Waals surface area (Å²) in [6.07, 6.45) is 3.02. The zero-order valence-corrected chi connectivity index (χ0v) is 12.2. The first-order valence-corrected chi connectivity index (χ1v) is 7.80. The van der Waals surface area contributed by atoms with Gasteiger partial charge in [0.05, 0.1) is 29.1 Å². The number of hydrogen-bond donors (Lipinski definition) is 2. The maximum absolute atomic E-state index is 11.9. The van der Waals surface area contributed by atoms with Crippen molar-refractivity contribution in [3.8, 4) is 0 Å². The van der Waals surface area contributed by atoms with Gasteiger partial charge < -0.3 is 10.1 Å². The zero-order chi connectivity index (χ0) is 15.3. The molecule has 0 spiro atoms. The van der Waals surface area contributed by atoms with Crippen molar-refractivity contribution in [3.05, 3.63) is 42.2 Å². The fourth-order valence-corrected chi connectivity index (χ4v) is 2.82. The van der Waals surface area contributed by atoms with Gasteiger partial charge in [-0.3, -0.25) is 9.89 Å². The summed E-state index contributed by atoms with van der Waals surface area (Å²) in [5.74, 6) is -0.429. The third kappa shape index (κ3) is 3.89. The van der Waals surface area contributed by atoms with Gasteiger partial charge in [0.25, 0.3) is 5.91 Å². The molecule has 0 unspecified atom stereocenters. The molecular formula is C13H15N3O4S. The van der Waals surface area contributed by atoms with Crippen LogP contribution in [0.15, 0.2) is 41.6 Å². The minimum Gasteiger partial charge on any atom is -0.384 e. The van der Waals surface area contributed by atoms with Crippen molar-refractivity contribution in [2.45, 2.75) is 4.90 Å². The summed E-state index contributed by atoms with van der Waals surface area (Å²) in [5, 5.41) is 8.92. The lowest BCUT2D eigenvalue weighted by Gasteiger charge is -2.06. The molecule has 1 heterocycles. The number of anilines is 1. The molecule has 0 saturated heterocycles. The summed E-state index contributed by atoms with van der Waals surface area (Å²) in [6.45, 7) is 0.130. The van der Waals surface area contributed by atoms with E-state index in [-0.39, 0.29) is 23.2 Å². The molecule has 0 fully saturated rings. The Morgan fingerprint density at radius 2 is 2.05 bits per heavy atom. The SMILES string of the molecule is COCCS(=O)(=O)c1ccc(C(=O)Nc2cn[nH]c2)cc1. The second-order valence-corrected chi connectivity index (χ2v) is 6.39. The van der Waals surface area contributed by atoms with Crippen molar-refractivity contribution in [2.24, 2.45) is 0 Å². The van der Waals surface area contributed by atoms with Crippen LogP contribution >= 0.6 is 0 Å². The van der Waals surface area contributed by atoms with Crippen molar-refractivity contribution in [1.82, 2.24) is 10.2 Å². The normalized spacial score (nSPS) is 11.3. The summed E-state index contributed by atoms with van der Waals surface area (Å²) in [5.41, 5.74) is 0.902. The molecule has 0 radical (unpaired) electrons. The van der Waals surface area contributed by atoms with Gasteiger partial charge in [0.1, 0.15) is 0 Å². The fourth-order valence-electron chi connectivity index (χ4n) is 1.65. The molecule has 0 atom stereocenters. The van der Waals surface area contributed by atoms with Crippen molar-refractivity contribution in [1.29, 1.82) is 0 Å². The molecule has 112 valence electrons. The van der Waals surface area contributed by atoms with Crippen LogP contribution in [0.4, 0.5) is 5.69 Å². The first kappa shape index (κ1) is 15.2. The number of ether oxygens (including phenoxy) is 1. The number of methoxy groups -OCH3 is 1. The molecule has 1 aromatic carbocycles. The van der Waals surface area contributed by atoms with E-state index < -0.39 is 9.84 Å². The number of benzene rings is 1. The summed E-state index contributed by atoms with van der Waals surface area (Å²) in [4.78, 5) is 12.1. The Morgan fingerprint density at radius 1 is 1.33 bits per heavy atom. The number of rotatable bonds is 6. The maximum Gasteiger partial charge on any atom is 0.255 e. The molecule has 7 nitrogen and oxygen atoms in total. The molecule has 21 heavy (non-hydrogen) atoms. The van der Waals surface area contributed by atoms with E-state index in [0.717, 1.165) is 0 Å². The highest BCUT2D eigenvalue weighted by Gasteiger charge is 2.15. The van der Waals surface area contributed by atoms with Crippen LogP contribution < -0.4 is 5.32 Å². The van der Waals surface area contributed by atoms with Crippen molar-refractivity contribution in [3.63, 3.8) is 0 Å². The molecule has 2 aromatic rings. The van der Waals surface area contributed by atoms with Gasteiger partial charge in [-0.25, -0.2) is 8.42 Å². The Kier molecular flexibility index (Phi) is 4.71. The number of carbonyl (C=O) groups is 1. The third-order valence-electron chi connectivity index (χ3n) is 2.79. The molecule has 0 aliphatic carbocycles. The average Bonchev–Trinajstić information content (AvgIpc) is 2.98. The molecule has 1 aromatic heterocycles. The highest BCUT2D eigenvalue weighted by Crippen LogP contribution is 2.14. The van der Waals surface area contributed by atoms with E-state index >= 15 is 0 Å². The van der Waals surface area contributed by atoms with E-state index in [9.17, 15) is 13.2 Å². The van der Waals surface area contributed by atoms with E-state index in [4.69, 9.17) is 4.74 Å². The molecular weight excluding hydrogens is 294 g/mol. The number of aromatic amines is 1. The van der Waals surface area contributed by atoms with Gasteiger partial charge in [0.15, 0.2) is 9.84 Å². The Bertz CT molecular complexity index is 694. The number of nitrogens with zero attached hydrogens (tertiary/aromatic N) is 1. The van der Waals surface area contributed by atoms with Gasteiger partial charge in [-0.1, -0.05) is 0 Å². The maximum atomic E-state index is 11.9. The number of aromatic nitrogens is 2. The predicted octanol–water partition coefficient (Wildman–Crippen LogP) is 1.08. The Balaban J connectivity index is 2.10. The standard InChI is InChI=1S/C13H15N3O4S/c1-20-6-7-21(18,19)12-4-2-10(3-5-12)13(17)16-11-8-14-15-9-11/h2-5,8-9H,6-7H2,1H3,(H,14,15)(H,16,17). The van der Waals surface area contributed by atoms with E-state index in [1.54, 1.807) is 6.20 Å². The van der Waals surface area contributed by atoms with Crippen LogP contribution in [0.25, 0.3) is 0 Å². The third-order valence-corrected chi connectivity index (χ3v) is 4.48. The number of amides is 1. The monoisotopic (exact) mass is 309 g/mol. The lowest BCUT2D eigenvalue weighted by molar-refractivity contribution is 0.102. The molecule has 8 heteroatoms. The fraction of sp³-hybridized carbons (Fsp3) is 0.231. The van der Waals surface area contributed by atoms with Crippen molar-refractivity contribution >= 4 is 21.4 Å². The first-order valence-electron chi connectivity index (χ1n) is 6.15. The van der Waals surface area contributed by atoms with Crippen LogP contribution in [0.5, 0.6) is 0 Å². The second-order valence-electron chi connectivity index (χ2n) is 4.28. The molecule has 2 rings (SSSR count). The van der Waals surface area contributed by atoms with Gasteiger partial charge >= 0.3 is 0 Å². The van der Waals surface area contributed by atoms with Crippen LogP contribution in [0, 0.1) is 0 Å². The van der Waals surface area contributed by atoms with E-state index in [0.29, 0.717) is 11.3 Å². The summed E-state index contributed by atoms with van der Waals surface area (Å²) in [6, 6.07) is 5.76. The average molecular weight is 309 g/mol. The van der Waals surface area contributed by atoms with Gasteiger partial charge in [0, 0.05) is 18.9 Å². The van der Waals surface area contributed by atoms with E-state index in [1.807, 2.05) is 0 Å². The van der Waals surface area contributed by atoms with E-state index in [1.165, 1.54) is 37.6 Å². The Morgan fingerprint density at radius 3 is 2.62 bits per heavy atom. The second kappa shape index (κ2) is 6.51. The van der Waals surface area contributed by atoms with Crippen LogP contribution in [0.2, 0.25) is 0 Å². The number of carbonyl (C=O) groups excluding carboxylic acids is 1. The number of sulfone groups is 1. The van der Waals surface area contributed by atoms with Crippen LogP contribution in [0.1, 0.15) is 10.4 Å². The van der Waals surface area contributed by atoms with Crippen LogP contribution in [-0.4, -0.2) is 44.0 Å². The topological polar surface area (TPSA) is 101 Å². The van der Waals surface area contributed by atoms with Gasteiger partial charge in [0.2, 0.25) is 0 Å². The molecule has 0 saturated carbocycles. The zero-order valence-electron chi connectivity index (χ0n) is 11.4. The first-order chi connectivity index (χ1) is 10.0. The predicted molar refractivity (Wildman–Crippen MR) is 76.9 cm³/mol. The van der Waals surface area contributed by atoms with Crippen LogP contribution in [0.3, 0.4) is 0 Å². The highest BCUT2D eigenvalue weighted by molar-refractivity contribution is 7.91. The number of nitrogens with one attached hydrogen (secondary N) is 2. The van der Waals surface area contributed by atoms with Gasteiger partial charge in [-0.15, -0.1) is 0 Å². The van der Waals surface area contributed by atoms with Crippen molar-refractivity contribution < 1.29 is 17.9 Å². The van der Waals surface area contributed by atoms with Crippen molar-refractivity contribution in [2.75, 3.05) is 24.8 Å². The summed E-state index contributed by atoms with van der Waals surface area (Å²) < 4.78 is 28.6. The molecule has 0 aliphatic rings. The minimum atomic E-state index is -3.39. The quantitative estimate of drug-likeness (QED) is 0.831. The lowest BCUT2D eigenvalue weighted by atomic mass is 10.2. The van der Waals surface area contributed by atoms with Crippen LogP contribution in [-0.2, 0) is 14.6 Å². The molecule has 2 N–H and O–H groups in total. The largest absolute Gasteiger partial charge is 0.384 e. The Hall–Kier alpha value is -2.19. The summed E-state index contributed by atoms with van der Waals surface area (Å²) in [7, 11) is -1.94. The minimum absolute atomic E-state index is 0.0932. The van der Waals surface area contributed by atoms with Gasteiger partial charge in [-0.2, -0.15) is 5.10 Å². The molecule has 0 aliphatic heterocycles. The van der Waals surface area contributed by atoms with E-state index in [2.05, 4.69) is 15.5 Å². The van der Waals surface area contributed by atoms with Gasteiger partial charge in [-0.05, 0) is 24.3 Å². The smallest absolute Gasteiger partial charge is 0.255 e.